The summed E-state index contributed by atoms with van der Waals surface area (Å²) in [5.74, 6) is -1.00. The van der Waals surface area contributed by atoms with Gasteiger partial charge in [0.1, 0.15) is 6.04 Å². The molecule has 1 heterocycles. The van der Waals surface area contributed by atoms with E-state index < -0.39 is 12.0 Å². The van der Waals surface area contributed by atoms with E-state index >= 15 is 0 Å². The molecule has 5 nitrogen and oxygen atoms in total. The summed E-state index contributed by atoms with van der Waals surface area (Å²) < 4.78 is 0. The van der Waals surface area contributed by atoms with Crippen molar-refractivity contribution in [2.45, 2.75) is 25.8 Å². The van der Waals surface area contributed by atoms with E-state index in [0.717, 1.165) is 27.6 Å². The summed E-state index contributed by atoms with van der Waals surface area (Å²) in [5, 5.41) is 19.0. The predicted octanol–water partition coefficient (Wildman–Crippen LogP) is 1.60. The van der Waals surface area contributed by atoms with E-state index in [2.05, 4.69) is 4.98 Å². The third-order valence-corrected chi connectivity index (χ3v) is 3.55. The number of aliphatic hydroxyl groups excluding tert-OH is 1. The summed E-state index contributed by atoms with van der Waals surface area (Å²) in [4.78, 5) is 14.1. The summed E-state index contributed by atoms with van der Waals surface area (Å²) in [7, 11) is 0. The highest BCUT2D eigenvalue weighted by Gasteiger charge is 2.16. The van der Waals surface area contributed by atoms with Gasteiger partial charge in [-0.15, -0.1) is 0 Å². The van der Waals surface area contributed by atoms with E-state index in [1.807, 2.05) is 37.4 Å². The SMILES string of the molecule is C/C(=C/Cc1cccc2[nH]cc(C[C@H](N)C(=O)O)c12)CO. The number of carboxylic acids is 1. The molecule has 1 aromatic carbocycles. The van der Waals surface area contributed by atoms with Crippen molar-refractivity contribution in [3.8, 4) is 0 Å². The van der Waals surface area contributed by atoms with E-state index in [9.17, 15) is 4.79 Å². The molecule has 5 heteroatoms. The Morgan fingerprint density at radius 2 is 2.19 bits per heavy atom. The Labute approximate surface area is 123 Å². The molecular formula is C16H20N2O3. The first-order valence-electron chi connectivity index (χ1n) is 6.85. The molecular weight excluding hydrogens is 268 g/mol. The van der Waals surface area contributed by atoms with Crippen molar-refractivity contribution in [3.05, 3.63) is 47.2 Å². The molecule has 0 aliphatic heterocycles. The molecule has 0 saturated heterocycles. The van der Waals surface area contributed by atoms with E-state index in [1.165, 1.54) is 0 Å². The van der Waals surface area contributed by atoms with Crippen LogP contribution in [0.3, 0.4) is 0 Å². The lowest BCUT2D eigenvalue weighted by atomic mass is 9.99. The third-order valence-electron chi connectivity index (χ3n) is 3.55. The maximum Gasteiger partial charge on any atom is 0.320 e. The first-order chi connectivity index (χ1) is 10.0. The Bertz CT molecular complexity index is 673. The maximum absolute atomic E-state index is 10.9. The van der Waals surface area contributed by atoms with Gasteiger partial charge in [0.25, 0.3) is 0 Å². The van der Waals surface area contributed by atoms with Gasteiger partial charge in [0, 0.05) is 23.5 Å². The van der Waals surface area contributed by atoms with Crippen LogP contribution in [0.2, 0.25) is 0 Å². The lowest BCUT2D eigenvalue weighted by Crippen LogP contribution is -2.32. The molecule has 0 aliphatic rings. The van der Waals surface area contributed by atoms with Crippen LogP contribution in [-0.4, -0.2) is 33.8 Å². The monoisotopic (exact) mass is 288 g/mol. The lowest BCUT2D eigenvalue weighted by molar-refractivity contribution is -0.138. The number of nitrogens with one attached hydrogen (secondary N) is 1. The number of allylic oxidation sites excluding steroid dienone is 1. The number of carbonyl (C=O) groups is 1. The summed E-state index contributed by atoms with van der Waals surface area (Å²) in [6.07, 6.45) is 4.77. The molecule has 0 fully saturated rings. The van der Waals surface area contributed by atoms with Gasteiger partial charge in [0.2, 0.25) is 0 Å². The summed E-state index contributed by atoms with van der Waals surface area (Å²) >= 11 is 0. The number of nitrogens with two attached hydrogens (primary N) is 1. The van der Waals surface area contributed by atoms with Gasteiger partial charge in [-0.3, -0.25) is 4.79 Å². The Morgan fingerprint density at radius 3 is 2.86 bits per heavy atom. The number of carboxylic acid groups (broad SMARTS) is 1. The molecule has 1 atom stereocenters. The molecule has 0 spiro atoms. The smallest absolute Gasteiger partial charge is 0.320 e. The Hall–Kier alpha value is -2.11. The van der Waals surface area contributed by atoms with Gasteiger partial charge in [-0.1, -0.05) is 23.8 Å². The number of rotatable bonds is 6. The van der Waals surface area contributed by atoms with E-state index in [1.54, 1.807) is 0 Å². The quantitative estimate of drug-likeness (QED) is 0.607. The number of hydrogen-bond acceptors (Lipinski definition) is 3. The van der Waals surface area contributed by atoms with E-state index in [0.29, 0.717) is 6.42 Å². The molecule has 2 rings (SSSR count). The standard InChI is InChI=1S/C16H20N2O3/c1-10(9-19)5-6-11-3-2-4-14-15(11)12(8-18-14)7-13(17)16(20)21/h2-5,8,13,18-19H,6-7,9,17H2,1H3,(H,20,21)/b10-5-/t13-/m0/s1. The highest BCUT2D eigenvalue weighted by atomic mass is 16.4. The summed E-state index contributed by atoms with van der Waals surface area (Å²) in [5.41, 5.74) is 9.51. The average molecular weight is 288 g/mol. The van der Waals surface area contributed by atoms with E-state index in [-0.39, 0.29) is 13.0 Å². The molecule has 112 valence electrons. The van der Waals surface area contributed by atoms with Gasteiger partial charge in [0.15, 0.2) is 0 Å². The third kappa shape index (κ3) is 3.51. The van der Waals surface area contributed by atoms with Crippen molar-refractivity contribution in [2.24, 2.45) is 5.73 Å². The molecule has 0 aliphatic carbocycles. The molecule has 0 saturated carbocycles. The van der Waals surface area contributed by atoms with Crippen LogP contribution in [0, 0.1) is 0 Å². The minimum absolute atomic E-state index is 0.0415. The minimum atomic E-state index is -1.00. The normalized spacial score (nSPS) is 13.6. The fourth-order valence-electron chi connectivity index (χ4n) is 2.34. The van der Waals surface area contributed by atoms with Crippen molar-refractivity contribution in [2.75, 3.05) is 6.61 Å². The topological polar surface area (TPSA) is 99.3 Å². The minimum Gasteiger partial charge on any atom is -0.480 e. The highest BCUT2D eigenvalue weighted by Crippen LogP contribution is 2.24. The largest absolute Gasteiger partial charge is 0.480 e. The molecule has 21 heavy (non-hydrogen) atoms. The van der Waals surface area contributed by atoms with Crippen molar-refractivity contribution >= 4 is 16.9 Å². The van der Waals surface area contributed by atoms with Gasteiger partial charge < -0.3 is 20.9 Å². The van der Waals surface area contributed by atoms with Crippen LogP contribution in [0.4, 0.5) is 0 Å². The number of H-pyrrole nitrogens is 1. The number of aromatic nitrogens is 1. The zero-order valence-corrected chi connectivity index (χ0v) is 12.0. The molecule has 2 aromatic rings. The Morgan fingerprint density at radius 1 is 1.43 bits per heavy atom. The van der Waals surface area contributed by atoms with Crippen LogP contribution in [0.5, 0.6) is 0 Å². The van der Waals surface area contributed by atoms with Crippen molar-refractivity contribution in [1.82, 2.24) is 4.98 Å². The molecule has 5 N–H and O–H groups in total. The molecule has 0 amide bonds. The van der Waals surface area contributed by atoms with E-state index in [4.69, 9.17) is 15.9 Å². The van der Waals surface area contributed by atoms with Gasteiger partial charge in [0.05, 0.1) is 6.61 Å². The molecule has 0 radical (unpaired) electrons. The second-order valence-electron chi connectivity index (χ2n) is 5.22. The van der Waals surface area contributed by atoms with Gasteiger partial charge in [-0.2, -0.15) is 0 Å². The first kappa shape index (κ1) is 15.3. The van der Waals surface area contributed by atoms with Crippen LogP contribution < -0.4 is 5.73 Å². The van der Waals surface area contributed by atoms with Gasteiger partial charge >= 0.3 is 5.97 Å². The fraction of sp³-hybridized carbons (Fsp3) is 0.312. The van der Waals surface area contributed by atoms with Crippen LogP contribution in [-0.2, 0) is 17.6 Å². The van der Waals surface area contributed by atoms with Crippen molar-refractivity contribution in [1.29, 1.82) is 0 Å². The Balaban J connectivity index is 2.37. The van der Waals surface area contributed by atoms with Crippen LogP contribution >= 0.6 is 0 Å². The van der Waals surface area contributed by atoms with Gasteiger partial charge in [-0.05, 0) is 30.5 Å². The zero-order chi connectivity index (χ0) is 15.4. The predicted molar refractivity (Wildman–Crippen MR) is 82.2 cm³/mol. The molecule has 0 unspecified atom stereocenters. The molecule has 1 aromatic heterocycles. The lowest BCUT2D eigenvalue weighted by Gasteiger charge is -2.08. The number of hydrogen-bond donors (Lipinski definition) is 4. The average Bonchev–Trinajstić information content (AvgIpc) is 2.88. The van der Waals surface area contributed by atoms with Crippen molar-refractivity contribution < 1.29 is 15.0 Å². The maximum atomic E-state index is 10.9. The number of benzene rings is 1. The second-order valence-corrected chi connectivity index (χ2v) is 5.22. The number of aliphatic hydroxyl groups is 1. The van der Waals surface area contributed by atoms with Crippen LogP contribution in [0.25, 0.3) is 10.9 Å². The number of aromatic amines is 1. The number of fused-ring (bicyclic) bond motifs is 1. The Kier molecular flexibility index (Phi) is 4.77. The summed E-state index contributed by atoms with van der Waals surface area (Å²) in [6.45, 7) is 1.92. The highest BCUT2D eigenvalue weighted by molar-refractivity contribution is 5.87. The summed E-state index contributed by atoms with van der Waals surface area (Å²) in [6, 6.07) is 5.01. The van der Waals surface area contributed by atoms with Crippen molar-refractivity contribution in [3.63, 3.8) is 0 Å². The van der Waals surface area contributed by atoms with Crippen LogP contribution in [0.1, 0.15) is 18.1 Å². The first-order valence-corrected chi connectivity index (χ1v) is 6.85. The molecule has 0 bridgehead atoms. The van der Waals surface area contributed by atoms with Gasteiger partial charge in [-0.25, -0.2) is 0 Å². The number of aliphatic carboxylic acids is 1. The fourth-order valence-corrected chi connectivity index (χ4v) is 2.34. The van der Waals surface area contributed by atoms with Crippen LogP contribution in [0.15, 0.2) is 36.0 Å². The second kappa shape index (κ2) is 6.56. The zero-order valence-electron chi connectivity index (χ0n) is 12.0.